The van der Waals surface area contributed by atoms with E-state index in [0.29, 0.717) is 0 Å². The Hall–Kier alpha value is -0.550. The van der Waals surface area contributed by atoms with Gasteiger partial charge in [0.1, 0.15) is 0 Å². The molecule has 0 aliphatic rings. The number of unbranched alkanes of at least 4 members (excludes halogenated alkanes) is 2. The lowest BCUT2D eigenvalue weighted by Gasteiger charge is -2.07. The Bertz CT molecular complexity index is 115. The Kier molecular flexibility index (Phi) is 7.18. The number of nitriles is 1. The van der Waals surface area contributed by atoms with Crippen LogP contribution in [0.5, 0.6) is 0 Å². The molecule has 1 unspecified atom stereocenters. The second kappa shape index (κ2) is 7.56. The third kappa shape index (κ3) is 5.87. The van der Waals surface area contributed by atoms with Gasteiger partial charge < -0.3 is 5.32 Å². The molecule has 0 saturated carbocycles. The number of rotatable bonds is 6. The van der Waals surface area contributed by atoms with Crippen LogP contribution in [-0.2, 0) is 0 Å². The first kappa shape index (κ1) is 10.4. The first-order chi connectivity index (χ1) is 5.35. The van der Waals surface area contributed by atoms with Crippen LogP contribution in [-0.4, -0.2) is 12.6 Å². The van der Waals surface area contributed by atoms with Gasteiger partial charge in [-0.1, -0.05) is 33.1 Å². The van der Waals surface area contributed by atoms with Crippen LogP contribution in [0.25, 0.3) is 0 Å². The number of hydrogen-bond acceptors (Lipinski definition) is 2. The molecule has 0 heterocycles. The SMILES string of the molecule is CCCCCC(C#N)NCC. The molecule has 0 aromatic heterocycles. The van der Waals surface area contributed by atoms with Crippen LogP contribution >= 0.6 is 0 Å². The minimum atomic E-state index is 0.0755. The summed E-state index contributed by atoms with van der Waals surface area (Å²) in [4.78, 5) is 0. The first-order valence-electron chi connectivity index (χ1n) is 4.48. The van der Waals surface area contributed by atoms with Crippen molar-refractivity contribution in [3.05, 3.63) is 0 Å². The zero-order chi connectivity index (χ0) is 8.53. The Balaban J connectivity index is 3.30. The molecule has 64 valence electrons. The van der Waals surface area contributed by atoms with Crippen molar-refractivity contribution in [2.75, 3.05) is 6.54 Å². The quantitative estimate of drug-likeness (QED) is 0.594. The van der Waals surface area contributed by atoms with Crippen molar-refractivity contribution in [3.8, 4) is 6.07 Å². The summed E-state index contributed by atoms with van der Waals surface area (Å²) in [6, 6.07) is 2.33. The summed E-state index contributed by atoms with van der Waals surface area (Å²) < 4.78 is 0. The maximum atomic E-state index is 8.64. The molecule has 1 N–H and O–H groups in total. The van der Waals surface area contributed by atoms with Crippen LogP contribution in [0.2, 0.25) is 0 Å². The molecule has 0 aromatic rings. The summed E-state index contributed by atoms with van der Waals surface area (Å²) in [5, 5.41) is 11.8. The van der Waals surface area contributed by atoms with Crippen LogP contribution in [0.3, 0.4) is 0 Å². The van der Waals surface area contributed by atoms with Gasteiger partial charge in [0.25, 0.3) is 0 Å². The van der Waals surface area contributed by atoms with E-state index in [9.17, 15) is 0 Å². The molecule has 0 aromatic carbocycles. The molecular formula is C9H18N2. The van der Waals surface area contributed by atoms with Crippen LogP contribution in [0.1, 0.15) is 39.5 Å². The predicted octanol–water partition coefficient (Wildman–Crippen LogP) is 2.07. The number of nitrogens with one attached hydrogen (secondary N) is 1. The molecule has 0 fully saturated rings. The predicted molar refractivity (Wildman–Crippen MR) is 47.2 cm³/mol. The number of nitrogens with zero attached hydrogens (tertiary/aromatic N) is 1. The third-order valence-corrected chi connectivity index (χ3v) is 1.70. The summed E-state index contributed by atoms with van der Waals surface area (Å²) in [7, 11) is 0. The molecule has 0 aliphatic heterocycles. The molecule has 1 atom stereocenters. The van der Waals surface area contributed by atoms with Gasteiger partial charge in [0, 0.05) is 0 Å². The third-order valence-electron chi connectivity index (χ3n) is 1.70. The molecule has 0 rings (SSSR count). The summed E-state index contributed by atoms with van der Waals surface area (Å²) in [5.41, 5.74) is 0. The second-order valence-electron chi connectivity index (χ2n) is 2.74. The van der Waals surface area contributed by atoms with Gasteiger partial charge in [-0.05, 0) is 13.0 Å². The summed E-state index contributed by atoms with van der Waals surface area (Å²) in [5.74, 6) is 0. The highest BCUT2D eigenvalue weighted by Gasteiger charge is 2.02. The average Bonchev–Trinajstić information content (AvgIpc) is 2.03. The van der Waals surface area contributed by atoms with Gasteiger partial charge in [0.15, 0.2) is 0 Å². The fourth-order valence-corrected chi connectivity index (χ4v) is 1.06. The zero-order valence-electron chi connectivity index (χ0n) is 7.56. The lowest BCUT2D eigenvalue weighted by molar-refractivity contribution is 0.544. The van der Waals surface area contributed by atoms with Gasteiger partial charge in [-0.3, -0.25) is 0 Å². The minimum absolute atomic E-state index is 0.0755. The Morgan fingerprint density at radius 1 is 1.36 bits per heavy atom. The topological polar surface area (TPSA) is 35.8 Å². The molecule has 11 heavy (non-hydrogen) atoms. The Morgan fingerprint density at radius 2 is 2.09 bits per heavy atom. The standard InChI is InChI=1S/C9H18N2/c1-3-5-6-7-9(8-10)11-4-2/h9,11H,3-7H2,1-2H3. The van der Waals surface area contributed by atoms with Crippen LogP contribution in [0.15, 0.2) is 0 Å². The maximum Gasteiger partial charge on any atom is 0.0952 e. The van der Waals surface area contributed by atoms with Crippen molar-refractivity contribution >= 4 is 0 Å². The van der Waals surface area contributed by atoms with Crippen molar-refractivity contribution in [1.29, 1.82) is 5.26 Å². The smallest absolute Gasteiger partial charge is 0.0952 e. The van der Waals surface area contributed by atoms with Crippen molar-refractivity contribution in [3.63, 3.8) is 0 Å². The highest BCUT2D eigenvalue weighted by atomic mass is 14.9. The van der Waals surface area contributed by atoms with Crippen molar-refractivity contribution in [2.24, 2.45) is 0 Å². The van der Waals surface area contributed by atoms with E-state index >= 15 is 0 Å². The largest absolute Gasteiger partial charge is 0.302 e. The summed E-state index contributed by atoms with van der Waals surface area (Å²) >= 11 is 0. The summed E-state index contributed by atoms with van der Waals surface area (Å²) in [6.07, 6.45) is 4.63. The molecule has 0 spiro atoms. The van der Waals surface area contributed by atoms with E-state index in [1.165, 1.54) is 19.3 Å². The van der Waals surface area contributed by atoms with Crippen molar-refractivity contribution < 1.29 is 0 Å². The number of hydrogen-bond donors (Lipinski definition) is 1. The molecular weight excluding hydrogens is 136 g/mol. The van der Waals surface area contributed by atoms with Crippen molar-refractivity contribution in [1.82, 2.24) is 5.32 Å². The van der Waals surface area contributed by atoms with Gasteiger partial charge >= 0.3 is 0 Å². The van der Waals surface area contributed by atoms with Gasteiger partial charge in [-0.15, -0.1) is 0 Å². The van der Waals surface area contributed by atoms with Gasteiger partial charge in [0.05, 0.1) is 12.1 Å². The maximum absolute atomic E-state index is 8.64. The highest BCUT2D eigenvalue weighted by Crippen LogP contribution is 2.02. The van der Waals surface area contributed by atoms with E-state index in [1.807, 2.05) is 6.92 Å². The average molecular weight is 154 g/mol. The van der Waals surface area contributed by atoms with E-state index in [4.69, 9.17) is 5.26 Å². The van der Waals surface area contributed by atoms with Gasteiger partial charge in [0.2, 0.25) is 0 Å². The molecule has 0 saturated heterocycles. The molecule has 2 nitrogen and oxygen atoms in total. The van der Waals surface area contributed by atoms with E-state index < -0.39 is 0 Å². The monoisotopic (exact) mass is 154 g/mol. The van der Waals surface area contributed by atoms with Crippen LogP contribution in [0, 0.1) is 11.3 Å². The van der Waals surface area contributed by atoms with E-state index in [0.717, 1.165) is 13.0 Å². The first-order valence-corrected chi connectivity index (χ1v) is 4.48. The molecule has 0 bridgehead atoms. The molecule has 2 heteroatoms. The molecule has 0 aliphatic carbocycles. The van der Waals surface area contributed by atoms with E-state index in [-0.39, 0.29) is 6.04 Å². The lowest BCUT2D eigenvalue weighted by Crippen LogP contribution is -2.26. The Labute approximate surface area is 69.6 Å². The lowest BCUT2D eigenvalue weighted by atomic mass is 10.1. The zero-order valence-corrected chi connectivity index (χ0v) is 7.56. The minimum Gasteiger partial charge on any atom is -0.302 e. The fourth-order valence-electron chi connectivity index (χ4n) is 1.06. The van der Waals surface area contributed by atoms with Crippen LogP contribution in [0.4, 0.5) is 0 Å². The summed E-state index contributed by atoms with van der Waals surface area (Å²) in [6.45, 7) is 5.10. The molecule has 0 radical (unpaired) electrons. The van der Waals surface area contributed by atoms with Gasteiger partial charge in [-0.2, -0.15) is 5.26 Å². The second-order valence-corrected chi connectivity index (χ2v) is 2.74. The van der Waals surface area contributed by atoms with Crippen LogP contribution < -0.4 is 5.32 Å². The van der Waals surface area contributed by atoms with E-state index in [1.54, 1.807) is 0 Å². The highest BCUT2D eigenvalue weighted by molar-refractivity contribution is 4.88. The van der Waals surface area contributed by atoms with Gasteiger partial charge in [-0.25, -0.2) is 0 Å². The molecule has 0 amide bonds. The Morgan fingerprint density at radius 3 is 2.55 bits per heavy atom. The fraction of sp³-hybridized carbons (Fsp3) is 0.889. The normalized spacial score (nSPS) is 12.5. The van der Waals surface area contributed by atoms with Crippen molar-refractivity contribution in [2.45, 2.75) is 45.6 Å². The van der Waals surface area contributed by atoms with E-state index in [2.05, 4.69) is 18.3 Å².